The number of nitrogens with one attached hydrogen (secondary N) is 2. The van der Waals surface area contributed by atoms with Gasteiger partial charge in [-0.1, -0.05) is 60.7 Å². The summed E-state index contributed by atoms with van der Waals surface area (Å²) >= 11 is 0. The molecule has 0 aliphatic rings. The van der Waals surface area contributed by atoms with Crippen molar-refractivity contribution in [3.63, 3.8) is 0 Å². The summed E-state index contributed by atoms with van der Waals surface area (Å²) in [5, 5.41) is 6.72. The van der Waals surface area contributed by atoms with Gasteiger partial charge in [-0.3, -0.25) is 9.59 Å². The Bertz CT molecular complexity index is 1180. The molecule has 0 aliphatic carbocycles. The second-order valence-corrected chi connectivity index (χ2v) is 7.43. The lowest BCUT2D eigenvalue weighted by Gasteiger charge is -2.14. The van der Waals surface area contributed by atoms with Gasteiger partial charge in [0.15, 0.2) is 6.61 Å². The largest absolute Gasteiger partial charge is 0.483 e. The van der Waals surface area contributed by atoms with Crippen LogP contribution >= 0.6 is 0 Å². The number of amides is 2. The maximum absolute atomic E-state index is 12.6. The number of hydrogen-bond acceptors (Lipinski definition) is 4. The van der Waals surface area contributed by atoms with Gasteiger partial charge in [0.25, 0.3) is 11.8 Å². The number of ether oxygens (including phenoxy) is 1. The lowest BCUT2D eigenvalue weighted by atomic mass is 10.1. The monoisotopic (exact) mass is 428 g/mol. The van der Waals surface area contributed by atoms with Crippen LogP contribution in [-0.2, 0) is 11.3 Å². The number of carbonyl (C=O) groups excluding carboxylic acids is 2. The molecule has 0 aliphatic heterocycles. The van der Waals surface area contributed by atoms with E-state index in [4.69, 9.17) is 9.15 Å². The van der Waals surface area contributed by atoms with Crippen molar-refractivity contribution in [1.29, 1.82) is 0 Å². The molecule has 0 saturated heterocycles. The highest BCUT2D eigenvalue weighted by molar-refractivity contribution is 5.97. The second-order valence-electron chi connectivity index (χ2n) is 7.43. The van der Waals surface area contributed by atoms with Crippen molar-refractivity contribution in [2.45, 2.75) is 19.5 Å². The zero-order valence-corrected chi connectivity index (χ0v) is 17.7. The number of benzene rings is 3. The van der Waals surface area contributed by atoms with E-state index in [0.717, 1.165) is 16.5 Å². The van der Waals surface area contributed by atoms with Crippen LogP contribution in [0.2, 0.25) is 0 Å². The summed E-state index contributed by atoms with van der Waals surface area (Å²) in [5.74, 6) is 0.447. The first-order valence-corrected chi connectivity index (χ1v) is 10.4. The van der Waals surface area contributed by atoms with Crippen LogP contribution in [0, 0.1) is 0 Å². The van der Waals surface area contributed by atoms with Gasteiger partial charge in [-0.2, -0.15) is 0 Å². The Morgan fingerprint density at radius 1 is 0.938 bits per heavy atom. The molecular weight excluding hydrogens is 404 g/mol. The normalized spacial score (nSPS) is 11.7. The highest BCUT2D eigenvalue weighted by Crippen LogP contribution is 2.23. The Morgan fingerprint density at radius 3 is 2.47 bits per heavy atom. The predicted molar refractivity (Wildman–Crippen MR) is 122 cm³/mol. The predicted octanol–water partition coefficient (Wildman–Crippen LogP) is 4.62. The average molecular weight is 428 g/mol. The van der Waals surface area contributed by atoms with Crippen LogP contribution in [0.1, 0.15) is 34.6 Å². The van der Waals surface area contributed by atoms with Crippen molar-refractivity contribution in [3.8, 4) is 5.75 Å². The highest BCUT2D eigenvalue weighted by atomic mass is 16.5. The molecular formula is C26H24N2O4. The molecule has 0 bridgehead atoms. The minimum absolute atomic E-state index is 0.215. The van der Waals surface area contributed by atoms with E-state index >= 15 is 0 Å². The molecule has 2 amide bonds. The Kier molecular flexibility index (Phi) is 6.51. The SMILES string of the molecule is C[C@@H](NC(=O)COc1ccccc1C(=O)NCc1ccccc1)c1cc2ccccc2o1. The van der Waals surface area contributed by atoms with Gasteiger partial charge >= 0.3 is 0 Å². The first-order chi connectivity index (χ1) is 15.6. The van der Waals surface area contributed by atoms with Gasteiger partial charge in [-0.05, 0) is 36.8 Å². The van der Waals surface area contributed by atoms with Gasteiger partial charge in [0.1, 0.15) is 17.1 Å². The van der Waals surface area contributed by atoms with Crippen LogP contribution in [-0.4, -0.2) is 18.4 Å². The summed E-state index contributed by atoms with van der Waals surface area (Å²) in [5.41, 5.74) is 2.15. The third-order valence-electron chi connectivity index (χ3n) is 5.04. The molecule has 1 atom stereocenters. The highest BCUT2D eigenvalue weighted by Gasteiger charge is 2.16. The topological polar surface area (TPSA) is 80.6 Å². The van der Waals surface area contributed by atoms with Crippen LogP contribution in [0.25, 0.3) is 11.0 Å². The molecule has 3 aromatic carbocycles. The lowest BCUT2D eigenvalue weighted by Crippen LogP contribution is -2.31. The lowest BCUT2D eigenvalue weighted by molar-refractivity contribution is -0.123. The molecule has 1 heterocycles. The summed E-state index contributed by atoms with van der Waals surface area (Å²) in [6.45, 7) is 2.04. The Morgan fingerprint density at radius 2 is 1.66 bits per heavy atom. The van der Waals surface area contributed by atoms with E-state index in [-0.39, 0.29) is 24.5 Å². The number of hydrogen-bond donors (Lipinski definition) is 2. The number of carbonyl (C=O) groups is 2. The van der Waals surface area contributed by atoms with E-state index in [0.29, 0.717) is 23.6 Å². The number of rotatable bonds is 8. The third-order valence-corrected chi connectivity index (χ3v) is 5.04. The van der Waals surface area contributed by atoms with E-state index in [9.17, 15) is 9.59 Å². The summed E-state index contributed by atoms with van der Waals surface area (Å²) < 4.78 is 11.5. The zero-order valence-electron chi connectivity index (χ0n) is 17.7. The van der Waals surface area contributed by atoms with Crippen molar-refractivity contribution >= 4 is 22.8 Å². The average Bonchev–Trinajstić information content (AvgIpc) is 3.27. The molecule has 1 aromatic heterocycles. The number of para-hydroxylation sites is 2. The molecule has 6 heteroatoms. The van der Waals surface area contributed by atoms with Crippen LogP contribution in [0.15, 0.2) is 89.3 Å². The molecule has 2 N–H and O–H groups in total. The van der Waals surface area contributed by atoms with E-state index < -0.39 is 0 Å². The molecule has 0 spiro atoms. The van der Waals surface area contributed by atoms with Crippen LogP contribution in [0.4, 0.5) is 0 Å². The van der Waals surface area contributed by atoms with Crippen LogP contribution in [0.5, 0.6) is 5.75 Å². The first-order valence-electron chi connectivity index (χ1n) is 10.4. The van der Waals surface area contributed by atoms with Crippen LogP contribution in [0.3, 0.4) is 0 Å². The quantitative estimate of drug-likeness (QED) is 0.429. The Balaban J connectivity index is 1.34. The van der Waals surface area contributed by atoms with E-state index in [1.165, 1.54) is 0 Å². The molecule has 0 saturated carbocycles. The standard InChI is InChI=1S/C26H24N2O4/c1-18(24-15-20-11-5-7-13-22(20)32-24)28-25(29)17-31-23-14-8-6-12-21(23)26(30)27-16-19-9-3-2-4-10-19/h2-15,18H,16-17H2,1H3,(H,27,30)(H,28,29)/t18-/m1/s1. The summed E-state index contributed by atoms with van der Waals surface area (Å²) in [6.07, 6.45) is 0. The van der Waals surface area contributed by atoms with Gasteiger partial charge in [0.2, 0.25) is 0 Å². The molecule has 4 aromatic rings. The van der Waals surface area contributed by atoms with Gasteiger partial charge in [0, 0.05) is 11.9 Å². The van der Waals surface area contributed by atoms with E-state index in [1.807, 2.05) is 67.6 Å². The van der Waals surface area contributed by atoms with Crippen molar-refractivity contribution in [3.05, 3.63) is 102 Å². The van der Waals surface area contributed by atoms with Gasteiger partial charge in [0.05, 0.1) is 11.6 Å². The van der Waals surface area contributed by atoms with Crippen molar-refractivity contribution in [2.24, 2.45) is 0 Å². The van der Waals surface area contributed by atoms with Gasteiger partial charge < -0.3 is 19.8 Å². The molecule has 4 rings (SSSR count). The summed E-state index contributed by atoms with van der Waals surface area (Å²) in [4.78, 5) is 25.1. The molecule has 32 heavy (non-hydrogen) atoms. The second kappa shape index (κ2) is 9.83. The number of furan rings is 1. The minimum Gasteiger partial charge on any atom is -0.483 e. The van der Waals surface area contributed by atoms with E-state index in [1.54, 1.807) is 24.3 Å². The van der Waals surface area contributed by atoms with Gasteiger partial charge in [-0.25, -0.2) is 0 Å². The van der Waals surface area contributed by atoms with E-state index in [2.05, 4.69) is 10.6 Å². The summed E-state index contributed by atoms with van der Waals surface area (Å²) in [7, 11) is 0. The zero-order chi connectivity index (χ0) is 22.3. The molecule has 162 valence electrons. The minimum atomic E-state index is -0.317. The Labute approximate surface area is 186 Å². The van der Waals surface area contributed by atoms with Crippen molar-refractivity contribution in [2.75, 3.05) is 6.61 Å². The molecule has 0 fully saturated rings. The summed E-state index contributed by atoms with van der Waals surface area (Å²) in [6, 6.07) is 25.8. The smallest absolute Gasteiger partial charge is 0.258 e. The molecule has 0 unspecified atom stereocenters. The fraction of sp³-hybridized carbons (Fsp3) is 0.154. The maximum Gasteiger partial charge on any atom is 0.258 e. The maximum atomic E-state index is 12.6. The van der Waals surface area contributed by atoms with Crippen molar-refractivity contribution in [1.82, 2.24) is 10.6 Å². The van der Waals surface area contributed by atoms with Crippen LogP contribution < -0.4 is 15.4 Å². The van der Waals surface area contributed by atoms with Crippen molar-refractivity contribution < 1.29 is 18.7 Å². The van der Waals surface area contributed by atoms with Gasteiger partial charge in [-0.15, -0.1) is 0 Å². The first kappa shape index (κ1) is 21.2. The fourth-order valence-corrected chi connectivity index (χ4v) is 3.37. The molecule has 6 nitrogen and oxygen atoms in total. The number of fused-ring (bicyclic) bond motifs is 1. The Hall–Kier alpha value is -4.06. The third kappa shape index (κ3) is 5.16. The molecule has 0 radical (unpaired) electrons. The fourth-order valence-electron chi connectivity index (χ4n) is 3.37.